The Morgan fingerprint density at radius 3 is 2.20 bits per heavy atom. The van der Waals surface area contributed by atoms with Crippen LogP contribution in [-0.2, 0) is 0 Å². The molecule has 0 aliphatic carbocycles. The van der Waals surface area contributed by atoms with E-state index in [2.05, 4.69) is 11.6 Å². The van der Waals surface area contributed by atoms with Gasteiger partial charge in [0.1, 0.15) is 0 Å². The summed E-state index contributed by atoms with van der Waals surface area (Å²) in [5, 5.41) is 0. The molecule has 0 aromatic rings. The summed E-state index contributed by atoms with van der Waals surface area (Å²) in [5.41, 5.74) is 7.88. The van der Waals surface area contributed by atoms with Crippen LogP contribution in [0.5, 0.6) is 0 Å². The van der Waals surface area contributed by atoms with Gasteiger partial charge in [0.15, 0.2) is 0 Å². The van der Waals surface area contributed by atoms with Gasteiger partial charge in [-0.05, 0) is 26.8 Å². The number of nitrogens with two attached hydrogens (primary N) is 1. The summed E-state index contributed by atoms with van der Waals surface area (Å²) in [6, 6.07) is 0. The van der Waals surface area contributed by atoms with Crippen molar-refractivity contribution in [3.05, 3.63) is 24.0 Å². The number of nitrogens with zero attached hydrogens (tertiary/aromatic N) is 1. The SMILES string of the molecule is C=C(C)N=C(C)/C=C(/C)N. The number of rotatable bonds is 2. The molecule has 0 aromatic heterocycles. The van der Waals surface area contributed by atoms with E-state index in [4.69, 9.17) is 5.73 Å². The van der Waals surface area contributed by atoms with E-state index in [0.29, 0.717) is 0 Å². The highest BCUT2D eigenvalue weighted by Crippen LogP contribution is 1.92. The van der Waals surface area contributed by atoms with Crippen molar-refractivity contribution in [3.8, 4) is 0 Å². The largest absolute Gasteiger partial charge is 0.402 e. The summed E-state index contributed by atoms with van der Waals surface area (Å²) in [4.78, 5) is 4.08. The lowest BCUT2D eigenvalue weighted by atomic mass is 10.3. The average molecular weight is 138 g/mol. The predicted molar refractivity (Wildman–Crippen MR) is 45.9 cm³/mol. The van der Waals surface area contributed by atoms with Gasteiger partial charge in [0.2, 0.25) is 0 Å². The van der Waals surface area contributed by atoms with Gasteiger partial charge in [-0.2, -0.15) is 0 Å². The molecule has 10 heavy (non-hydrogen) atoms. The van der Waals surface area contributed by atoms with Crippen LogP contribution in [0.1, 0.15) is 20.8 Å². The lowest BCUT2D eigenvalue weighted by Gasteiger charge is -1.92. The summed E-state index contributed by atoms with van der Waals surface area (Å²) in [5.74, 6) is 0. The van der Waals surface area contributed by atoms with Gasteiger partial charge in [0.25, 0.3) is 0 Å². The molecule has 0 rings (SSSR count). The Balaban J connectivity index is 4.22. The van der Waals surface area contributed by atoms with Gasteiger partial charge in [0, 0.05) is 17.1 Å². The number of hydrogen-bond donors (Lipinski definition) is 1. The lowest BCUT2D eigenvalue weighted by Crippen LogP contribution is -1.95. The van der Waals surface area contributed by atoms with E-state index in [0.717, 1.165) is 17.1 Å². The smallest absolute Gasteiger partial charge is 0.0392 e. The molecule has 0 fully saturated rings. The third-order valence-electron chi connectivity index (χ3n) is 0.804. The van der Waals surface area contributed by atoms with Gasteiger partial charge in [-0.15, -0.1) is 0 Å². The molecule has 0 bridgehead atoms. The first kappa shape index (κ1) is 8.95. The molecule has 0 amide bonds. The Morgan fingerprint density at radius 2 is 1.90 bits per heavy atom. The molecule has 0 heterocycles. The second kappa shape index (κ2) is 3.88. The minimum Gasteiger partial charge on any atom is -0.402 e. The molecule has 2 nitrogen and oxygen atoms in total. The van der Waals surface area contributed by atoms with Crippen molar-refractivity contribution in [2.75, 3.05) is 0 Å². The number of aliphatic imine (C=N–C) groups is 1. The highest BCUT2D eigenvalue weighted by Gasteiger charge is 1.84. The molecule has 0 spiro atoms. The van der Waals surface area contributed by atoms with Crippen molar-refractivity contribution in [3.63, 3.8) is 0 Å². The van der Waals surface area contributed by atoms with Gasteiger partial charge < -0.3 is 5.73 Å². The fourth-order valence-corrected chi connectivity index (χ4v) is 0.663. The van der Waals surface area contributed by atoms with Crippen LogP contribution in [0.3, 0.4) is 0 Å². The lowest BCUT2D eigenvalue weighted by molar-refractivity contribution is 1.29. The fourth-order valence-electron chi connectivity index (χ4n) is 0.663. The van der Waals surface area contributed by atoms with Crippen molar-refractivity contribution < 1.29 is 0 Å². The van der Waals surface area contributed by atoms with Crippen LogP contribution in [0.15, 0.2) is 29.0 Å². The van der Waals surface area contributed by atoms with E-state index in [1.807, 2.05) is 26.8 Å². The minimum atomic E-state index is 0.766. The molecule has 0 saturated heterocycles. The standard InChI is InChI=1S/C8H14N2/c1-6(2)10-8(4)5-7(3)9/h5H,1,9H2,2-4H3/b7-5-,10-8?. The first-order valence-electron chi connectivity index (χ1n) is 3.17. The van der Waals surface area contributed by atoms with Gasteiger partial charge in [-0.25, -0.2) is 0 Å². The number of hydrogen-bond acceptors (Lipinski definition) is 2. The summed E-state index contributed by atoms with van der Waals surface area (Å²) >= 11 is 0. The maximum atomic E-state index is 5.42. The Bertz CT molecular complexity index is 183. The molecule has 2 N–H and O–H groups in total. The second-order valence-corrected chi connectivity index (χ2v) is 2.38. The normalized spacial score (nSPS) is 13.5. The Hall–Kier alpha value is -1.05. The first-order valence-corrected chi connectivity index (χ1v) is 3.17. The number of allylic oxidation sites excluding steroid dienone is 3. The Morgan fingerprint density at radius 1 is 1.40 bits per heavy atom. The molecule has 0 aliphatic heterocycles. The van der Waals surface area contributed by atoms with E-state index in [1.165, 1.54) is 0 Å². The summed E-state index contributed by atoms with van der Waals surface area (Å²) in [6.07, 6.45) is 1.81. The van der Waals surface area contributed by atoms with Crippen LogP contribution < -0.4 is 5.73 Å². The van der Waals surface area contributed by atoms with Crippen LogP contribution >= 0.6 is 0 Å². The zero-order chi connectivity index (χ0) is 8.15. The monoisotopic (exact) mass is 138 g/mol. The topological polar surface area (TPSA) is 38.4 Å². The third-order valence-corrected chi connectivity index (χ3v) is 0.804. The van der Waals surface area contributed by atoms with Crippen molar-refractivity contribution in [1.82, 2.24) is 0 Å². The van der Waals surface area contributed by atoms with Gasteiger partial charge in [-0.1, -0.05) is 6.58 Å². The van der Waals surface area contributed by atoms with Gasteiger partial charge in [-0.3, -0.25) is 4.99 Å². The van der Waals surface area contributed by atoms with Crippen LogP contribution in [0.25, 0.3) is 0 Å². The van der Waals surface area contributed by atoms with E-state index in [9.17, 15) is 0 Å². The van der Waals surface area contributed by atoms with Crippen molar-refractivity contribution in [1.29, 1.82) is 0 Å². The summed E-state index contributed by atoms with van der Waals surface area (Å²) in [7, 11) is 0. The van der Waals surface area contributed by atoms with E-state index >= 15 is 0 Å². The van der Waals surface area contributed by atoms with Crippen LogP contribution in [-0.4, -0.2) is 5.71 Å². The van der Waals surface area contributed by atoms with Crippen LogP contribution in [0, 0.1) is 0 Å². The van der Waals surface area contributed by atoms with Crippen LogP contribution in [0.2, 0.25) is 0 Å². The van der Waals surface area contributed by atoms with Crippen LogP contribution in [0.4, 0.5) is 0 Å². The quantitative estimate of drug-likeness (QED) is 0.581. The summed E-state index contributed by atoms with van der Waals surface area (Å²) in [6.45, 7) is 9.22. The zero-order valence-electron chi connectivity index (χ0n) is 6.81. The first-order chi connectivity index (χ1) is 4.52. The Kier molecular flexibility index (Phi) is 3.47. The maximum Gasteiger partial charge on any atom is 0.0392 e. The molecule has 0 unspecified atom stereocenters. The summed E-state index contributed by atoms with van der Waals surface area (Å²) < 4.78 is 0. The highest BCUT2D eigenvalue weighted by atomic mass is 14.7. The molecular weight excluding hydrogens is 124 g/mol. The van der Waals surface area contributed by atoms with E-state index in [1.54, 1.807) is 0 Å². The molecule has 56 valence electrons. The molecule has 0 radical (unpaired) electrons. The van der Waals surface area contributed by atoms with Crippen molar-refractivity contribution >= 4 is 5.71 Å². The van der Waals surface area contributed by atoms with Crippen molar-refractivity contribution in [2.45, 2.75) is 20.8 Å². The molecule has 0 saturated carbocycles. The van der Waals surface area contributed by atoms with E-state index < -0.39 is 0 Å². The average Bonchev–Trinajstić information content (AvgIpc) is 1.58. The highest BCUT2D eigenvalue weighted by molar-refractivity contribution is 5.93. The third kappa shape index (κ3) is 5.09. The molecule has 2 heteroatoms. The molecule has 0 aromatic carbocycles. The van der Waals surface area contributed by atoms with Gasteiger partial charge in [0.05, 0.1) is 0 Å². The predicted octanol–water partition coefficient (Wildman–Crippen LogP) is 1.84. The minimum absolute atomic E-state index is 0.766. The van der Waals surface area contributed by atoms with E-state index in [-0.39, 0.29) is 0 Å². The van der Waals surface area contributed by atoms with Crippen molar-refractivity contribution in [2.24, 2.45) is 10.7 Å². The second-order valence-electron chi connectivity index (χ2n) is 2.38. The molecule has 0 aliphatic rings. The Labute approximate surface area is 62.1 Å². The zero-order valence-corrected chi connectivity index (χ0v) is 6.81. The van der Waals surface area contributed by atoms with Gasteiger partial charge >= 0.3 is 0 Å². The maximum absolute atomic E-state index is 5.42. The fraction of sp³-hybridized carbons (Fsp3) is 0.375. The molecule has 0 atom stereocenters. The molecular formula is C8H14N2.